The minimum Gasteiger partial charge on any atom is -0.320 e. The second kappa shape index (κ2) is 7.55. The van der Waals surface area contributed by atoms with Crippen LogP contribution in [0.3, 0.4) is 0 Å². The molecule has 0 spiro atoms. The van der Waals surface area contributed by atoms with E-state index in [1.54, 1.807) is 19.1 Å². The van der Waals surface area contributed by atoms with Gasteiger partial charge in [-0.25, -0.2) is 13.1 Å². The van der Waals surface area contributed by atoms with Crippen LogP contribution in [0, 0.1) is 11.8 Å². The third kappa shape index (κ3) is 5.43. The number of sulfonamides is 1. The quantitative estimate of drug-likeness (QED) is 0.751. The first kappa shape index (κ1) is 16.9. The van der Waals surface area contributed by atoms with Crippen LogP contribution in [0.4, 0.5) is 0 Å². The van der Waals surface area contributed by atoms with Crippen LogP contribution in [-0.4, -0.2) is 37.2 Å². The Balaban J connectivity index is 2.95. The Labute approximate surface area is 122 Å². The fourth-order valence-electron chi connectivity index (χ4n) is 1.61. The lowest BCUT2D eigenvalue weighted by atomic mass is 10.2. The van der Waals surface area contributed by atoms with Crippen molar-refractivity contribution in [3.63, 3.8) is 0 Å². The van der Waals surface area contributed by atoms with E-state index in [0.29, 0.717) is 5.56 Å². The van der Waals surface area contributed by atoms with Crippen molar-refractivity contribution in [1.29, 1.82) is 0 Å². The molecule has 0 amide bonds. The molecule has 0 saturated heterocycles. The molecule has 1 aromatic carbocycles. The number of hydrogen-bond donors (Lipinski definition) is 2. The molecular weight excluding hydrogens is 296 g/mol. The number of nitrogens with one attached hydrogen (secondary N) is 1. The van der Waals surface area contributed by atoms with Gasteiger partial charge >= 0.3 is 0 Å². The summed E-state index contributed by atoms with van der Waals surface area (Å²) >= 11 is 0. The number of rotatable bonds is 5. The summed E-state index contributed by atoms with van der Waals surface area (Å²) in [5, 5.41) is 0. The highest BCUT2D eigenvalue weighted by Gasteiger charge is 2.18. The van der Waals surface area contributed by atoms with Gasteiger partial charge in [-0.05, 0) is 25.1 Å². The van der Waals surface area contributed by atoms with Crippen LogP contribution in [0.25, 0.3) is 0 Å². The van der Waals surface area contributed by atoms with Gasteiger partial charge in [-0.3, -0.25) is 4.21 Å². The van der Waals surface area contributed by atoms with Gasteiger partial charge in [0.2, 0.25) is 10.0 Å². The van der Waals surface area contributed by atoms with Crippen LogP contribution < -0.4 is 10.5 Å². The minimum absolute atomic E-state index is 0.134. The largest absolute Gasteiger partial charge is 0.320 e. The molecule has 0 fully saturated rings. The monoisotopic (exact) mass is 314 g/mol. The molecule has 3 N–H and O–H groups in total. The molecule has 0 saturated carbocycles. The molecule has 0 aromatic heterocycles. The van der Waals surface area contributed by atoms with Crippen LogP contribution in [-0.2, 0) is 20.8 Å². The topological polar surface area (TPSA) is 89.3 Å². The standard InChI is InChI=1S/C13H18N2O3S2/c1-11(10-19(2)16)15-20(17,18)13-7-3-5-12(9-13)6-4-8-14/h3,5,7,9,11,15H,8,10,14H2,1-2H3. The molecule has 2 unspecified atom stereocenters. The second-order valence-electron chi connectivity index (χ2n) is 4.30. The summed E-state index contributed by atoms with van der Waals surface area (Å²) in [6.45, 7) is 1.89. The number of hydrogen-bond acceptors (Lipinski definition) is 4. The van der Waals surface area contributed by atoms with E-state index in [2.05, 4.69) is 16.6 Å². The maximum absolute atomic E-state index is 12.2. The van der Waals surface area contributed by atoms with Gasteiger partial charge < -0.3 is 5.73 Å². The summed E-state index contributed by atoms with van der Waals surface area (Å²) in [7, 11) is -4.69. The first-order valence-electron chi connectivity index (χ1n) is 5.96. The lowest BCUT2D eigenvalue weighted by Gasteiger charge is -2.13. The third-order valence-electron chi connectivity index (χ3n) is 2.32. The zero-order valence-electron chi connectivity index (χ0n) is 11.4. The highest BCUT2D eigenvalue weighted by Crippen LogP contribution is 2.11. The van der Waals surface area contributed by atoms with E-state index in [1.165, 1.54) is 18.4 Å². The summed E-state index contributed by atoms with van der Waals surface area (Å²) in [6.07, 6.45) is 1.54. The molecule has 20 heavy (non-hydrogen) atoms. The van der Waals surface area contributed by atoms with Crippen molar-refractivity contribution >= 4 is 20.8 Å². The van der Waals surface area contributed by atoms with Gasteiger partial charge in [0.05, 0.1) is 11.4 Å². The molecule has 7 heteroatoms. The van der Waals surface area contributed by atoms with E-state index in [4.69, 9.17) is 5.73 Å². The van der Waals surface area contributed by atoms with E-state index in [-0.39, 0.29) is 17.2 Å². The Bertz CT molecular complexity index is 645. The van der Waals surface area contributed by atoms with Crippen LogP contribution >= 0.6 is 0 Å². The normalized spacial score (nSPS) is 14.2. The second-order valence-corrected chi connectivity index (χ2v) is 7.49. The van der Waals surface area contributed by atoms with Gasteiger partial charge in [0.25, 0.3) is 0 Å². The summed E-state index contributed by atoms with van der Waals surface area (Å²) < 4.78 is 37.9. The number of nitrogens with two attached hydrogens (primary N) is 1. The van der Waals surface area contributed by atoms with E-state index >= 15 is 0 Å². The van der Waals surface area contributed by atoms with Crippen LogP contribution in [0.5, 0.6) is 0 Å². The molecule has 0 heterocycles. The first-order chi connectivity index (χ1) is 9.35. The summed E-state index contributed by atoms with van der Waals surface area (Å²) in [4.78, 5) is 0.134. The van der Waals surface area contributed by atoms with Gasteiger partial charge in [0.1, 0.15) is 0 Å². The van der Waals surface area contributed by atoms with Crippen molar-refractivity contribution in [2.75, 3.05) is 18.6 Å². The van der Waals surface area contributed by atoms with Crippen LogP contribution in [0.15, 0.2) is 29.2 Å². The zero-order valence-corrected chi connectivity index (χ0v) is 13.1. The van der Waals surface area contributed by atoms with E-state index in [9.17, 15) is 12.6 Å². The fraction of sp³-hybridized carbons (Fsp3) is 0.385. The highest BCUT2D eigenvalue weighted by atomic mass is 32.2. The summed E-state index contributed by atoms with van der Waals surface area (Å²) in [6, 6.07) is 5.92. The summed E-state index contributed by atoms with van der Waals surface area (Å²) in [5.41, 5.74) is 5.87. The molecule has 1 aromatic rings. The first-order valence-corrected chi connectivity index (χ1v) is 9.17. The lowest BCUT2D eigenvalue weighted by molar-refractivity contribution is 0.570. The van der Waals surface area contributed by atoms with Crippen molar-refractivity contribution in [1.82, 2.24) is 4.72 Å². The van der Waals surface area contributed by atoms with Crippen LogP contribution in [0.2, 0.25) is 0 Å². The average Bonchev–Trinajstić information content (AvgIpc) is 2.35. The van der Waals surface area contributed by atoms with Crippen molar-refractivity contribution in [3.8, 4) is 11.8 Å². The number of benzene rings is 1. The summed E-state index contributed by atoms with van der Waals surface area (Å²) in [5.74, 6) is 5.73. The van der Waals surface area contributed by atoms with E-state index < -0.39 is 26.9 Å². The molecule has 0 aliphatic rings. The Kier molecular flexibility index (Phi) is 6.36. The Morgan fingerprint density at radius 2 is 2.15 bits per heavy atom. The van der Waals surface area contributed by atoms with Gasteiger partial charge in [-0.15, -0.1) is 0 Å². The van der Waals surface area contributed by atoms with Gasteiger partial charge in [-0.2, -0.15) is 0 Å². The Hall–Kier alpha value is -1.20. The Morgan fingerprint density at radius 3 is 2.75 bits per heavy atom. The van der Waals surface area contributed by atoms with Gasteiger partial charge in [0, 0.05) is 34.4 Å². The smallest absolute Gasteiger partial charge is 0.240 e. The van der Waals surface area contributed by atoms with E-state index in [1.807, 2.05) is 0 Å². The van der Waals surface area contributed by atoms with Crippen molar-refractivity contribution in [2.24, 2.45) is 5.73 Å². The third-order valence-corrected chi connectivity index (χ3v) is 4.88. The van der Waals surface area contributed by atoms with Gasteiger partial charge in [0.15, 0.2) is 0 Å². The average molecular weight is 314 g/mol. The van der Waals surface area contributed by atoms with E-state index in [0.717, 1.165) is 0 Å². The van der Waals surface area contributed by atoms with Crippen molar-refractivity contribution < 1.29 is 12.6 Å². The minimum atomic E-state index is -3.64. The maximum atomic E-state index is 12.2. The van der Waals surface area contributed by atoms with Crippen molar-refractivity contribution in [3.05, 3.63) is 29.8 Å². The predicted molar refractivity (Wildman–Crippen MR) is 81.1 cm³/mol. The van der Waals surface area contributed by atoms with Gasteiger partial charge in [-0.1, -0.05) is 17.9 Å². The molecule has 0 aliphatic carbocycles. The lowest BCUT2D eigenvalue weighted by Crippen LogP contribution is -2.36. The molecule has 5 nitrogen and oxygen atoms in total. The predicted octanol–water partition coefficient (Wildman–Crippen LogP) is 0.0421. The molecule has 0 bridgehead atoms. The molecule has 110 valence electrons. The SMILES string of the molecule is CC(CS(C)=O)NS(=O)(=O)c1cccc(C#CCN)c1. The van der Waals surface area contributed by atoms with Crippen LogP contribution in [0.1, 0.15) is 12.5 Å². The molecule has 2 atom stereocenters. The molecule has 0 radical (unpaired) electrons. The van der Waals surface area contributed by atoms with Crippen molar-refractivity contribution in [2.45, 2.75) is 17.9 Å². The molecule has 0 aliphatic heterocycles. The molecular formula is C13H18N2O3S2. The zero-order chi connectivity index (χ0) is 15.2. The molecule has 1 rings (SSSR count). The fourth-order valence-corrected chi connectivity index (χ4v) is 3.80. The Morgan fingerprint density at radius 1 is 1.45 bits per heavy atom. The maximum Gasteiger partial charge on any atom is 0.240 e. The highest BCUT2D eigenvalue weighted by molar-refractivity contribution is 7.89.